The smallest absolute Gasteiger partial charge is 0.416 e. The highest BCUT2D eigenvalue weighted by Crippen LogP contribution is 2.36. The lowest BCUT2D eigenvalue weighted by Gasteiger charge is -2.10. The van der Waals surface area contributed by atoms with Crippen molar-refractivity contribution in [3.63, 3.8) is 0 Å². The van der Waals surface area contributed by atoms with Crippen LogP contribution >= 0.6 is 0 Å². The Kier molecular flexibility index (Phi) is 2.75. The largest absolute Gasteiger partial charge is 0.507 e. The monoisotopic (exact) mass is 239 g/mol. The maximum atomic E-state index is 12.5. The summed E-state index contributed by atoms with van der Waals surface area (Å²) in [5, 5.41) is 9.57. The highest BCUT2D eigenvalue weighted by Gasteiger charge is 2.31. The fraction of sp³-hybridized carbons (Fsp3) is 0.0833. The molecule has 0 spiro atoms. The third kappa shape index (κ3) is 2.38. The summed E-state index contributed by atoms with van der Waals surface area (Å²) in [5.74, 6) is -0.191. The van der Waals surface area contributed by atoms with Crippen molar-refractivity contribution in [1.29, 1.82) is 0 Å². The Morgan fingerprint density at radius 3 is 2.24 bits per heavy atom. The third-order valence-electron chi connectivity index (χ3n) is 2.32. The van der Waals surface area contributed by atoms with E-state index in [1.165, 1.54) is 24.5 Å². The average Bonchev–Trinajstić information content (AvgIpc) is 2.29. The number of hydrogen-bond donors (Lipinski definition) is 1. The van der Waals surface area contributed by atoms with Crippen molar-refractivity contribution >= 4 is 0 Å². The first-order valence-electron chi connectivity index (χ1n) is 4.79. The van der Waals surface area contributed by atoms with Gasteiger partial charge in [0, 0.05) is 18.0 Å². The van der Waals surface area contributed by atoms with Crippen molar-refractivity contribution in [3.8, 4) is 16.9 Å². The standard InChI is InChI=1S/C12H8F3NO/c13-12(14,15)9-1-2-11(17)10(7-9)8-3-5-16-6-4-8/h1-7,17H. The van der Waals surface area contributed by atoms with Crippen LogP contribution in [0.4, 0.5) is 13.2 Å². The van der Waals surface area contributed by atoms with E-state index >= 15 is 0 Å². The van der Waals surface area contributed by atoms with Gasteiger partial charge in [-0.2, -0.15) is 13.2 Å². The van der Waals surface area contributed by atoms with Crippen molar-refractivity contribution in [2.45, 2.75) is 6.18 Å². The van der Waals surface area contributed by atoms with Crippen LogP contribution in [-0.4, -0.2) is 10.1 Å². The molecule has 2 nitrogen and oxygen atoms in total. The minimum atomic E-state index is -4.42. The number of benzene rings is 1. The van der Waals surface area contributed by atoms with Crippen LogP contribution in [0.15, 0.2) is 42.7 Å². The molecule has 0 atom stereocenters. The van der Waals surface area contributed by atoms with Crippen LogP contribution in [0.3, 0.4) is 0 Å². The zero-order valence-electron chi connectivity index (χ0n) is 8.57. The molecule has 1 aromatic heterocycles. The molecule has 0 bridgehead atoms. The molecule has 0 amide bonds. The summed E-state index contributed by atoms with van der Waals surface area (Å²) < 4.78 is 37.6. The number of rotatable bonds is 1. The van der Waals surface area contributed by atoms with E-state index < -0.39 is 11.7 Å². The third-order valence-corrected chi connectivity index (χ3v) is 2.32. The quantitative estimate of drug-likeness (QED) is 0.826. The molecule has 0 radical (unpaired) electrons. The number of alkyl halides is 3. The fourth-order valence-corrected chi connectivity index (χ4v) is 1.48. The molecule has 0 saturated heterocycles. The molecular formula is C12H8F3NO. The van der Waals surface area contributed by atoms with Crippen molar-refractivity contribution < 1.29 is 18.3 Å². The molecule has 0 fully saturated rings. The predicted molar refractivity (Wildman–Crippen MR) is 56.3 cm³/mol. The second kappa shape index (κ2) is 4.08. The number of phenolic OH excluding ortho intramolecular Hbond substituents is 1. The number of phenols is 1. The van der Waals surface area contributed by atoms with E-state index in [-0.39, 0.29) is 11.3 Å². The zero-order valence-corrected chi connectivity index (χ0v) is 8.57. The summed E-state index contributed by atoms with van der Waals surface area (Å²) in [6.45, 7) is 0. The average molecular weight is 239 g/mol. The summed E-state index contributed by atoms with van der Waals surface area (Å²) in [6, 6.07) is 5.88. The van der Waals surface area contributed by atoms with Crippen LogP contribution in [0.2, 0.25) is 0 Å². The van der Waals surface area contributed by atoms with Gasteiger partial charge in [0.05, 0.1) is 5.56 Å². The van der Waals surface area contributed by atoms with Crippen molar-refractivity contribution in [1.82, 2.24) is 4.98 Å². The summed E-state index contributed by atoms with van der Waals surface area (Å²) in [5.41, 5.74) is -0.159. The topological polar surface area (TPSA) is 33.1 Å². The Morgan fingerprint density at radius 2 is 1.65 bits per heavy atom. The molecule has 0 aliphatic rings. The van der Waals surface area contributed by atoms with E-state index in [0.29, 0.717) is 5.56 Å². The van der Waals surface area contributed by atoms with Gasteiger partial charge in [0.25, 0.3) is 0 Å². The van der Waals surface area contributed by atoms with E-state index in [1.54, 1.807) is 0 Å². The van der Waals surface area contributed by atoms with Crippen LogP contribution in [0, 0.1) is 0 Å². The summed E-state index contributed by atoms with van der Waals surface area (Å²) >= 11 is 0. The number of halogens is 3. The Labute approximate surface area is 95.4 Å². The van der Waals surface area contributed by atoms with Gasteiger partial charge in [-0.1, -0.05) is 0 Å². The van der Waals surface area contributed by atoms with Gasteiger partial charge < -0.3 is 5.11 Å². The summed E-state index contributed by atoms with van der Waals surface area (Å²) in [4.78, 5) is 3.77. The molecule has 0 saturated carbocycles. The van der Waals surface area contributed by atoms with Crippen LogP contribution in [-0.2, 0) is 6.18 Å². The molecule has 0 unspecified atom stereocenters. The Bertz CT molecular complexity index is 523. The van der Waals surface area contributed by atoms with Crippen LogP contribution in [0.1, 0.15) is 5.56 Å². The molecular weight excluding hydrogens is 231 g/mol. The molecule has 1 N–H and O–H groups in total. The number of aromatic hydroxyl groups is 1. The number of nitrogens with zero attached hydrogens (tertiary/aromatic N) is 1. The Hall–Kier alpha value is -2.04. The maximum absolute atomic E-state index is 12.5. The van der Waals surface area contributed by atoms with Crippen LogP contribution in [0.5, 0.6) is 5.75 Å². The highest BCUT2D eigenvalue weighted by molar-refractivity contribution is 5.70. The Morgan fingerprint density at radius 1 is 1.00 bits per heavy atom. The van der Waals surface area contributed by atoms with E-state index in [2.05, 4.69) is 4.98 Å². The van der Waals surface area contributed by atoms with E-state index in [4.69, 9.17) is 0 Å². The van der Waals surface area contributed by atoms with Gasteiger partial charge in [0.1, 0.15) is 5.75 Å². The minimum Gasteiger partial charge on any atom is -0.507 e. The van der Waals surface area contributed by atoms with Gasteiger partial charge in [0.2, 0.25) is 0 Å². The first-order chi connectivity index (χ1) is 7.98. The van der Waals surface area contributed by atoms with Crippen molar-refractivity contribution in [2.24, 2.45) is 0 Å². The minimum absolute atomic E-state index is 0.141. The fourth-order valence-electron chi connectivity index (χ4n) is 1.48. The lowest BCUT2D eigenvalue weighted by molar-refractivity contribution is -0.137. The summed E-state index contributed by atoms with van der Waals surface area (Å²) in [6.07, 6.45) is -1.51. The van der Waals surface area contributed by atoms with Gasteiger partial charge >= 0.3 is 6.18 Å². The molecule has 17 heavy (non-hydrogen) atoms. The van der Waals surface area contributed by atoms with Crippen LogP contribution < -0.4 is 0 Å². The molecule has 2 rings (SSSR count). The SMILES string of the molecule is Oc1ccc(C(F)(F)F)cc1-c1ccncc1. The maximum Gasteiger partial charge on any atom is 0.416 e. The van der Waals surface area contributed by atoms with Crippen LogP contribution in [0.25, 0.3) is 11.1 Å². The molecule has 5 heteroatoms. The number of hydrogen-bond acceptors (Lipinski definition) is 2. The van der Waals surface area contributed by atoms with Crippen molar-refractivity contribution in [2.75, 3.05) is 0 Å². The van der Waals surface area contributed by atoms with E-state index in [1.807, 2.05) is 0 Å². The zero-order chi connectivity index (χ0) is 12.5. The van der Waals surface area contributed by atoms with Gasteiger partial charge in [-0.15, -0.1) is 0 Å². The van der Waals surface area contributed by atoms with Gasteiger partial charge in [-0.05, 0) is 35.9 Å². The number of aromatic nitrogens is 1. The van der Waals surface area contributed by atoms with Crippen molar-refractivity contribution in [3.05, 3.63) is 48.3 Å². The van der Waals surface area contributed by atoms with E-state index in [0.717, 1.165) is 18.2 Å². The first kappa shape index (κ1) is 11.4. The predicted octanol–water partition coefficient (Wildman–Crippen LogP) is 3.47. The molecule has 1 aromatic carbocycles. The normalized spacial score (nSPS) is 11.5. The molecule has 0 aliphatic carbocycles. The molecule has 88 valence electrons. The lowest BCUT2D eigenvalue weighted by atomic mass is 10.0. The second-order valence-corrected chi connectivity index (χ2v) is 3.47. The van der Waals surface area contributed by atoms with Gasteiger partial charge in [-0.25, -0.2) is 0 Å². The summed E-state index contributed by atoms with van der Waals surface area (Å²) in [7, 11) is 0. The highest BCUT2D eigenvalue weighted by atomic mass is 19.4. The lowest BCUT2D eigenvalue weighted by Crippen LogP contribution is -2.04. The number of pyridine rings is 1. The van der Waals surface area contributed by atoms with Gasteiger partial charge in [0.15, 0.2) is 0 Å². The molecule has 2 aromatic rings. The Balaban J connectivity index is 2.55. The second-order valence-electron chi connectivity index (χ2n) is 3.47. The molecule has 1 heterocycles. The van der Waals surface area contributed by atoms with Gasteiger partial charge in [-0.3, -0.25) is 4.98 Å². The van der Waals surface area contributed by atoms with E-state index in [9.17, 15) is 18.3 Å². The molecule has 0 aliphatic heterocycles. The first-order valence-corrected chi connectivity index (χ1v) is 4.79.